The molecule has 8 heteroatoms. The fourth-order valence-corrected chi connectivity index (χ4v) is 1.12. The zero-order chi connectivity index (χ0) is 13.8. The van der Waals surface area contributed by atoms with Crippen LogP contribution in [0.15, 0.2) is 6.07 Å². The molecule has 0 saturated carbocycles. The maximum absolute atomic E-state index is 12.5. The molecule has 0 spiro atoms. The highest BCUT2D eigenvalue weighted by molar-refractivity contribution is 5.47. The van der Waals surface area contributed by atoms with E-state index in [0.29, 0.717) is 6.54 Å². The Hall–Kier alpha value is -1.57. The first kappa shape index (κ1) is 14.5. The van der Waals surface area contributed by atoms with Crippen molar-refractivity contribution in [1.29, 1.82) is 0 Å². The van der Waals surface area contributed by atoms with Crippen molar-refractivity contribution in [2.75, 3.05) is 31.3 Å². The summed E-state index contributed by atoms with van der Waals surface area (Å²) in [7, 11) is 3.01. The highest BCUT2D eigenvalue weighted by Gasteiger charge is 2.35. The van der Waals surface area contributed by atoms with E-state index in [1.165, 1.54) is 20.2 Å². The fourth-order valence-electron chi connectivity index (χ4n) is 1.12. The van der Waals surface area contributed by atoms with Gasteiger partial charge in [-0.25, -0.2) is 9.97 Å². The number of alkyl halides is 3. The number of hydrogen-bond acceptors (Lipinski definition) is 5. The second-order valence-electron chi connectivity index (χ2n) is 3.64. The number of nitrogens with zero attached hydrogens (tertiary/aromatic N) is 2. The second-order valence-corrected chi connectivity index (χ2v) is 3.64. The first-order valence-electron chi connectivity index (χ1n) is 5.27. The third-order valence-corrected chi connectivity index (χ3v) is 2.21. The predicted octanol–water partition coefficient (Wildman–Crippen LogP) is 1.98. The summed E-state index contributed by atoms with van der Waals surface area (Å²) in [5.41, 5.74) is 0. The smallest absolute Gasteiger partial charge is 0.380 e. The molecule has 0 aliphatic rings. The lowest BCUT2D eigenvalue weighted by molar-refractivity contribution is -0.144. The molecule has 1 rings (SSSR count). The highest BCUT2D eigenvalue weighted by Crippen LogP contribution is 2.28. The van der Waals surface area contributed by atoms with Gasteiger partial charge in [-0.05, 0) is 6.92 Å². The van der Waals surface area contributed by atoms with Gasteiger partial charge < -0.3 is 15.4 Å². The first-order valence-corrected chi connectivity index (χ1v) is 5.27. The van der Waals surface area contributed by atoms with E-state index in [2.05, 4.69) is 20.6 Å². The molecular formula is C10H15F3N4O. The van der Waals surface area contributed by atoms with Crippen LogP contribution in [0.1, 0.15) is 12.7 Å². The SMILES string of the molecule is CNc1cc(NCC(C)OC)nc(C(F)(F)F)n1. The Balaban J connectivity index is 2.91. The lowest BCUT2D eigenvalue weighted by Gasteiger charge is -2.13. The molecule has 102 valence electrons. The molecule has 18 heavy (non-hydrogen) atoms. The molecule has 0 aliphatic heterocycles. The van der Waals surface area contributed by atoms with E-state index in [0.717, 1.165) is 0 Å². The molecular weight excluding hydrogens is 249 g/mol. The van der Waals surface area contributed by atoms with Gasteiger partial charge >= 0.3 is 6.18 Å². The van der Waals surface area contributed by atoms with Crippen molar-refractivity contribution in [3.8, 4) is 0 Å². The van der Waals surface area contributed by atoms with Crippen molar-refractivity contribution in [2.24, 2.45) is 0 Å². The van der Waals surface area contributed by atoms with Crippen molar-refractivity contribution in [3.63, 3.8) is 0 Å². The van der Waals surface area contributed by atoms with Crippen LogP contribution >= 0.6 is 0 Å². The van der Waals surface area contributed by atoms with E-state index in [1.54, 1.807) is 6.92 Å². The van der Waals surface area contributed by atoms with Gasteiger partial charge in [-0.3, -0.25) is 0 Å². The van der Waals surface area contributed by atoms with Crippen LogP contribution in [0.3, 0.4) is 0 Å². The van der Waals surface area contributed by atoms with Crippen LogP contribution in [0.2, 0.25) is 0 Å². The zero-order valence-electron chi connectivity index (χ0n) is 10.3. The molecule has 1 atom stereocenters. The quantitative estimate of drug-likeness (QED) is 0.851. The number of halogens is 3. The summed E-state index contributed by atoms with van der Waals surface area (Å²) < 4.78 is 42.6. The van der Waals surface area contributed by atoms with Gasteiger partial charge in [-0.1, -0.05) is 0 Å². The molecule has 1 aromatic rings. The summed E-state index contributed by atoms with van der Waals surface area (Å²) in [4.78, 5) is 6.77. The van der Waals surface area contributed by atoms with E-state index in [4.69, 9.17) is 4.74 Å². The molecule has 1 aromatic heterocycles. The first-order chi connectivity index (χ1) is 8.36. The van der Waals surface area contributed by atoms with Gasteiger partial charge in [0.1, 0.15) is 11.6 Å². The van der Waals surface area contributed by atoms with Crippen LogP contribution in [-0.4, -0.2) is 36.8 Å². The summed E-state index contributed by atoms with van der Waals surface area (Å²) in [5, 5.41) is 5.33. The molecule has 0 aromatic carbocycles. The molecule has 0 saturated heterocycles. The van der Waals surface area contributed by atoms with E-state index in [1.807, 2.05) is 0 Å². The standard InChI is InChI=1S/C10H15F3N4O/c1-6(18-3)5-15-8-4-7(14-2)16-9(17-8)10(11,12)13/h4,6H,5H2,1-3H3,(H2,14,15,16,17). The van der Waals surface area contributed by atoms with Gasteiger partial charge in [0.25, 0.3) is 0 Å². The number of rotatable bonds is 5. The summed E-state index contributed by atoms with van der Waals surface area (Å²) in [6, 6.07) is 1.40. The van der Waals surface area contributed by atoms with E-state index < -0.39 is 12.0 Å². The molecule has 0 bridgehead atoms. The Kier molecular flexibility index (Phi) is 4.71. The number of ether oxygens (including phenoxy) is 1. The van der Waals surface area contributed by atoms with E-state index in [-0.39, 0.29) is 17.7 Å². The third kappa shape index (κ3) is 4.02. The Labute approximate surface area is 103 Å². The van der Waals surface area contributed by atoms with Crippen molar-refractivity contribution >= 4 is 11.6 Å². The molecule has 5 nitrogen and oxygen atoms in total. The number of nitrogens with one attached hydrogen (secondary N) is 2. The summed E-state index contributed by atoms with van der Waals surface area (Å²) in [6.07, 6.45) is -4.71. The van der Waals surface area contributed by atoms with Crippen LogP contribution < -0.4 is 10.6 Å². The van der Waals surface area contributed by atoms with Gasteiger partial charge in [0.05, 0.1) is 6.10 Å². The Morgan fingerprint density at radius 3 is 2.44 bits per heavy atom. The number of hydrogen-bond donors (Lipinski definition) is 2. The zero-order valence-corrected chi connectivity index (χ0v) is 10.3. The molecule has 0 aliphatic carbocycles. The van der Waals surface area contributed by atoms with Crippen LogP contribution in [-0.2, 0) is 10.9 Å². The summed E-state index contributed by atoms with van der Waals surface area (Å²) >= 11 is 0. The van der Waals surface area contributed by atoms with Crippen molar-refractivity contribution in [3.05, 3.63) is 11.9 Å². The molecule has 0 fully saturated rings. The van der Waals surface area contributed by atoms with Gasteiger partial charge in [0, 0.05) is 26.8 Å². The summed E-state index contributed by atoms with van der Waals surface area (Å²) in [6.45, 7) is 2.14. The molecule has 2 N–H and O–H groups in total. The van der Waals surface area contributed by atoms with Crippen LogP contribution in [0.4, 0.5) is 24.8 Å². The maximum atomic E-state index is 12.5. The third-order valence-electron chi connectivity index (χ3n) is 2.21. The van der Waals surface area contributed by atoms with Crippen molar-refractivity contribution in [1.82, 2.24) is 9.97 Å². The minimum Gasteiger partial charge on any atom is -0.380 e. The predicted molar refractivity (Wildman–Crippen MR) is 61.5 cm³/mol. The van der Waals surface area contributed by atoms with Gasteiger partial charge in [-0.2, -0.15) is 13.2 Å². The monoisotopic (exact) mass is 264 g/mol. The second kappa shape index (κ2) is 5.85. The summed E-state index contributed by atoms with van der Waals surface area (Å²) in [5.74, 6) is -0.975. The van der Waals surface area contributed by atoms with Gasteiger partial charge in [0.15, 0.2) is 0 Å². The minimum atomic E-state index is -4.57. The number of aromatic nitrogens is 2. The molecule has 0 amide bonds. The van der Waals surface area contributed by atoms with Crippen molar-refractivity contribution < 1.29 is 17.9 Å². The highest BCUT2D eigenvalue weighted by atomic mass is 19.4. The Morgan fingerprint density at radius 2 is 1.94 bits per heavy atom. The van der Waals surface area contributed by atoms with E-state index in [9.17, 15) is 13.2 Å². The molecule has 1 unspecified atom stereocenters. The van der Waals surface area contributed by atoms with Crippen LogP contribution in [0.25, 0.3) is 0 Å². The number of anilines is 2. The van der Waals surface area contributed by atoms with E-state index >= 15 is 0 Å². The Bertz CT molecular complexity index is 397. The van der Waals surface area contributed by atoms with Crippen LogP contribution in [0.5, 0.6) is 0 Å². The topological polar surface area (TPSA) is 59.1 Å². The van der Waals surface area contributed by atoms with Gasteiger partial charge in [-0.15, -0.1) is 0 Å². The Morgan fingerprint density at radius 1 is 1.33 bits per heavy atom. The fraction of sp³-hybridized carbons (Fsp3) is 0.600. The van der Waals surface area contributed by atoms with Crippen molar-refractivity contribution in [2.45, 2.75) is 19.2 Å². The molecule has 1 heterocycles. The molecule has 0 radical (unpaired) electrons. The lowest BCUT2D eigenvalue weighted by atomic mass is 10.4. The average molecular weight is 264 g/mol. The normalized spacial score (nSPS) is 13.2. The number of methoxy groups -OCH3 is 1. The average Bonchev–Trinajstić information content (AvgIpc) is 2.34. The lowest BCUT2D eigenvalue weighted by Crippen LogP contribution is -2.20. The van der Waals surface area contributed by atoms with Crippen LogP contribution in [0, 0.1) is 0 Å². The minimum absolute atomic E-state index is 0.102. The maximum Gasteiger partial charge on any atom is 0.451 e. The largest absolute Gasteiger partial charge is 0.451 e. The van der Waals surface area contributed by atoms with Gasteiger partial charge in [0.2, 0.25) is 5.82 Å².